The van der Waals surface area contributed by atoms with Crippen molar-refractivity contribution < 1.29 is 30.0 Å². The summed E-state index contributed by atoms with van der Waals surface area (Å²) in [6, 6.07) is 0. The van der Waals surface area contributed by atoms with Crippen LogP contribution in [0.2, 0.25) is 0 Å². The van der Waals surface area contributed by atoms with Gasteiger partial charge >= 0.3 is 0 Å². The van der Waals surface area contributed by atoms with Gasteiger partial charge in [0.05, 0.1) is 31.5 Å². The van der Waals surface area contributed by atoms with Crippen molar-refractivity contribution in [2.75, 3.05) is 26.4 Å². The minimum Gasteiger partial charge on any atom is -0.396 e. The monoisotopic (exact) mass is 598 g/mol. The number of aldehydes is 1. The van der Waals surface area contributed by atoms with Gasteiger partial charge in [0.15, 0.2) is 0 Å². The van der Waals surface area contributed by atoms with Gasteiger partial charge in [-0.15, -0.1) is 0 Å². The average molecular weight is 599 g/mol. The second-order valence-electron chi connectivity index (χ2n) is 13.5. The van der Waals surface area contributed by atoms with Crippen LogP contribution in [0.4, 0.5) is 0 Å². The Morgan fingerprint density at radius 2 is 1.79 bits per heavy atom. The van der Waals surface area contributed by atoms with E-state index in [4.69, 9.17) is 4.74 Å². The summed E-state index contributed by atoms with van der Waals surface area (Å²) in [7, 11) is 0. The molecule has 6 heteroatoms. The zero-order valence-corrected chi connectivity index (χ0v) is 27.2. The van der Waals surface area contributed by atoms with E-state index in [-0.39, 0.29) is 31.7 Å². The van der Waals surface area contributed by atoms with Crippen molar-refractivity contribution in [1.82, 2.24) is 0 Å². The fourth-order valence-electron chi connectivity index (χ4n) is 8.18. The van der Waals surface area contributed by atoms with Gasteiger partial charge in [-0.05, 0) is 127 Å². The maximum atomic E-state index is 12.2. The summed E-state index contributed by atoms with van der Waals surface area (Å²) in [5.74, 6) is -0.416. The van der Waals surface area contributed by atoms with Gasteiger partial charge in [0.25, 0.3) is 0 Å². The molecule has 0 heterocycles. The third-order valence-electron chi connectivity index (χ3n) is 10.5. The minimum absolute atomic E-state index is 0.0259. The van der Waals surface area contributed by atoms with E-state index in [9.17, 15) is 25.2 Å². The summed E-state index contributed by atoms with van der Waals surface area (Å²) in [4.78, 5) is 11.9. The summed E-state index contributed by atoms with van der Waals surface area (Å²) in [5, 5.41) is 43.3. The molecule has 6 nitrogen and oxygen atoms in total. The first-order chi connectivity index (χ1) is 20.6. The topological polar surface area (TPSA) is 107 Å². The fourth-order valence-corrected chi connectivity index (χ4v) is 8.18. The van der Waals surface area contributed by atoms with E-state index in [1.54, 1.807) is 5.57 Å². The molecule has 3 aliphatic rings. The van der Waals surface area contributed by atoms with Gasteiger partial charge in [-0.3, -0.25) is 4.79 Å². The molecule has 0 bridgehead atoms. The van der Waals surface area contributed by atoms with Gasteiger partial charge in [0.2, 0.25) is 0 Å². The number of carbonyl (C=O) groups excluding carboxylic acids is 1. The van der Waals surface area contributed by atoms with Crippen LogP contribution in [0.5, 0.6) is 0 Å². The first kappa shape index (κ1) is 35.6. The molecule has 3 rings (SSSR count). The molecular formula is C37H58O6. The van der Waals surface area contributed by atoms with Crippen LogP contribution in [-0.4, -0.2) is 64.8 Å². The first-order valence-corrected chi connectivity index (χ1v) is 16.7. The molecule has 0 saturated heterocycles. The van der Waals surface area contributed by atoms with Gasteiger partial charge in [-0.1, -0.05) is 47.4 Å². The minimum atomic E-state index is -1.12. The standard InChI is InChI=1S/C37H58O6/c1-27(2)11-8-14-30(29-12-6-5-7-13-29)15-9-16-31(26-43-24-23-39)33-19-21-37(35(33)41)34(17-10-22-38)32(28(3)25-40)18-20-36(37,4)42/h9,11,15-16,25,33-35,38-39,41-42H,5-8,10,12-14,17-24,26H2,1-4H3/b15-9-,31-16-,32-28-/t33-,34-,35+,36+,37+/m0/s1. The number of hydrogen-bond acceptors (Lipinski definition) is 6. The summed E-state index contributed by atoms with van der Waals surface area (Å²) < 4.78 is 5.83. The molecule has 1 spiro atoms. The van der Waals surface area contributed by atoms with Crippen LogP contribution in [0.1, 0.15) is 111 Å². The van der Waals surface area contributed by atoms with Crippen molar-refractivity contribution in [3.8, 4) is 0 Å². The van der Waals surface area contributed by atoms with Crippen molar-refractivity contribution in [2.24, 2.45) is 17.3 Å². The van der Waals surface area contributed by atoms with E-state index in [2.05, 4.69) is 38.2 Å². The molecule has 0 unspecified atom stereocenters. The van der Waals surface area contributed by atoms with Crippen LogP contribution in [0.25, 0.3) is 0 Å². The van der Waals surface area contributed by atoms with E-state index in [0.29, 0.717) is 50.7 Å². The average Bonchev–Trinajstić information content (AvgIpc) is 3.34. The van der Waals surface area contributed by atoms with Crippen LogP contribution in [0.3, 0.4) is 0 Å². The third-order valence-corrected chi connectivity index (χ3v) is 10.5. The zero-order chi connectivity index (χ0) is 31.5. The third kappa shape index (κ3) is 8.67. The van der Waals surface area contributed by atoms with Gasteiger partial charge in [-0.2, -0.15) is 0 Å². The molecule has 4 N–H and O–H groups in total. The van der Waals surface area contributed by atoms with E-state index < -0.39 is 17.1 Å². The lowest BCUT2D eigenvalue weighted by atomic mass is 9.52. The Kier molecular flexibility index (Phi) is 14.1. The van der Waals surface area contributed by atoms with Crippen molar-refractivity contribution >= 4 is 6.29 Å². The molecule has 5 atom stereocenters. The maximum absolute atomic E-state index is 12.2. The van der Waals surface area contributed by atoms with Crippen molar-refractivity contribution in [2.45, 2.75) is 123 Å². The Morgan fingerprint density at radius 3 is 2.44 bits per heavy atom. The predicted molar refractivity (Wildman–Crippen MR) is 173 cm³/mol. The van der Waals surface area contributed by atoms with Crippen molar-refractivity contribution in [1.29, 1.82) is 0 Å². The normalized spacial score (nSPS) is 31.1. The Morgan fingerprint density at radius 1 is 1.05 bits per heavy atom. The Labute approximate surface area is 260 Å². The molecule has 0 aromatic rings. The second kappa shape index (κ2) is 17.0. The number of hydrogen-bond donors (Lipinski definition) is 4. The van der Waals surface area contributed by atoms with Crippen LogP contribution < -0.4 is 0 Å². The number of allylic oxidation sites excluding steroid dienone is 9. The van der Waals surface area contributed by atoms with Gasteiger partial charge in [-0.25, -0.2) is 0 Å². The lowest BCUT2D eigenvalue weighted by molar-refractivity contribution is -0.167. The van der Waals surface area contributed by atoms with Crippen LogP contribution in [0.15, 0.2) is 57.7 Å². The molecule has 0 amide bonds. The predicted octanol–water partition coefficient (Wildman–Crippen LogP) is 6.69. The highest BCUT2D eigenvalue weighted by atomic mass is 16.5. The summed E-state index contributed by atoms with van der Waals surface area (Å²) in [5.41, 5.74) is 5.00. The van der Waals surface area contributed by atoms with Crippen molar-refractivity contribution in [3.05, 3.63) is 57.7 Å². The maximum Gasteiger partial charge on any atom is 0.145 e. The highest BCUT2D eigenvalue weighted by Gasteiger charge is 2.63. The molecule has 3 fully saturated rings. The number of aliphatic hydroxyl groups excluding tert-OH is 3. The smallest absolute Gasteiger partial charge is 0.145 e. The molecule has 242 valence electrons. The lowest BCUT2D eigenvalue weighted by Crippen LogP contribution is -2.59. The van der Waals surface area contributed by atoms with Crippen LogP contribution >= 0.6 is 0 Å². The summed E-state index contributed by atoms with van der Waals surface area (Å²) in [6.45, 7) is 8.42. The molecule has 0 radical (unpaired) electrons. The number of carbonyl (C=O) groups is 1. The van der Waals surface area contributed by atoms with Gasteiger partial charge in [0, 0.05) is 17.9 Å². The SMILES string of the molecule is CC(C)=CCCC(/C=C\C=C(\COCCO)[C@@H]1CC[C@]2([C@@H]1O)[C@@H](CCCO)/C(=C(/C)C=O)CC[C@@]2(C)O)=C1CCCCC1. The van der Waals surface area contributed by atoms with Gasteiger partial charge < -0.3 is 25.2 Å². The molecule has 3 saturated carbocycles. The second-order valence-corrected chi connectivity index (χ2v) is 13.5. The lowest BCUT2D eigenvalue weighted by Gasteiger charge is -2.55. The fraction of sp³-hybridized carbons (Fsp3) is 0.703. The number of rotatable bonds is 14. The molecule has 0 aliphatic heterocycles. The Hall–Kier alpha value is -1.83. The highest BCUT2D eigenvalue weighted by molar-refractivity contribution is 5.74. The Bertz CT molecular complexity index is 1060. The molecular weight excluding hydrogens is 540 g/mol. The molecule has 0 aromatic heterocycles. The largest absolute Gasteiger partial charge is 0.396 e. The van der Waals surface area contributed by atoms with E-state index in [1.165, 1.54) is 30.4 Å². The van der Waals surface area contributed by atoms with Crippen LogP contribution in [-0.2, 0) is 9.53 Å². The summed E-state index contributed by atoms with van der Waals surface area (Å²) in [6.07, 6.45) is 20.5. The molecule has 3 aliphatic carbocycles. The first-order valence-electron chi connectivity index (χ1n) is 16.7. The molecule has 0 aromatic carbocycles. The van der Waals surface area contributed by atoms with Crippen LogP contribution in [0, 0.1) is 17.3 Å². The van der Waals surface area contributed by atoms with Crippen molar-refractivity contribution in [3.63, 3.8) is 0 Å². The van der Waals surface area contributed by atoms with E-state index in [0.717, 1.165) is 43.1 Å². The molecule has 43 heavy (non-hydrogen) atoms. The van der Waals surface area contributed by atoms with Gasteiger partial charge in [0.1, 0.15) is 6.29 Å². The quantitative estimate of drug-likeness (QED) is 0.0584. The summed E-state index contributed by atoms with van der Waals surface area (Å²) >= 11 is 0. The zero-order valence-electron chi connectivity index (χ0n) is 27.2. The van der Waals surface area contributed by atoms with E-state index in [1.807, 2.05) is 13.8 Å². The highest BCUT2D eigenvalue weighted by Crippen LogP contribution is 2.63. The Balaban J connectivity index is 1.99. The number of ether oxygens (including phenoxy) is 1. The number of aliphatic hydroxyl groups is 4. The van der Waals surface area contributed by atoms with E-state index >= 15 is 0 Å².